The highest BCUT2D eigenvalue weighted by Gasteiger charge is 2.25. The topological polar surface area (TPSA) is 94.8 Å². The number of benzene rings is 2. The number of hydrogen-bond acceptors (Lipinski definition) is 7. The van der Waals surface area contributed by atoms with Crippen LogP contribution in [-0.4, -0.2) is 38.2 Å². The molecule has 0 saturated carbocycles. The van der Waals surface area contributed by atoms with Gasteiger partial charge in [0.15, 0.2) is 5.13 Å². The molecule has 10 heteroatoms. The second kappa shape index (κ2) is 7.92. The van der Waals surface area contributed by atoms with Crippen LogP contribution in [0, 0.1) is 12.7 Å². The van der Waals surface area contributed by atoms with Crippen molar-refractivity contribution in [2.24, 2.45) is 0 Å². The van der Waals surface area contributed by atoms with Crippen molar-refractivity contribution >= 4 is 32.6 Å². The zero-order valence-corrected chi connectivity index (χ0v) is 16.5. The Balaban J connectivity index is 1.61. The second-order valence-corrected chi connectivity index (χ2v) is 7.39. The number of anilines is 1. The molecule has 2 aromatic carbocycles. The molecule has 0 spiro atoms. The lowest BCUT2D eigenvalue weighted by molar-refractivity contribution is -0.119. The molecule has 0 saturated heterocycles. The number of nitrogens with one attached hydrogen (secondary N) is 1. The molecule has 2 heterocycles. The molecule has 1 amide bonds. The van der Waals surface area contributed by atoms with Crippen LogP contribution >= 0.6 is 11.3 Å². The van der Waals surface area contributed by atoms with Gasteiger partial charge in [-0.25, -0.2) is 14.1 Å². The number of tetrazole rings is 1. The molecule has 1 unspecified atom stereocenters. The summed E-state index contributed by atoms with van der Waals surface area (Å²) in [6, 6.07) is 10.8. The zero-order valence-electron chi connectivity index (χ0n) is 15.7. The largest absolute Gasteiger partial charge is 0.497 e. The average molecular weight is 412 g/mol. The summed E-state index contributed by atoms with van der Waals surface area (Å²) < 4.78 is 20.8. The van der Waals surface area contributed by atoms with Crippen molar-refractivity contribution in [3.8, 4) is 5.75 Å². The SMILES string of the molecule is COc1ccc2nc(NC(=O)C(Cc3ccc(F)cc3)n3nnnc3C)sc2c1. The van der Waals surface area contributed by atoms with Gasteiger partial charge in [0.05, 0.1) is 17.3 Å². The van der Waals surface area contributed by atoms with Crippen LogP contribution in [0.4, 0.5) is 9.52 Å². The van der Waals surface area contributed by atoms with Gasteiger partial charge in [0, 0.05) is 6.42 Å². The van der Waals surface area contributed by atoms with Crippen molar-refractivity contribution in [3.05, 3.63) is 59.7 Å². The smallest absolute Gasteiger partial charge is 0.251 e. The molecular weight excluding hydrogens is 395 g/mol. The Morgan fingerprint density at radius 1 is 1.28 bits per heavy atom. The first-order valence-corrected chi connectivity index (χ1v) is 9.59. The lowest BCUT2D eigenvalue weighted by Crippen LogP contribution is -2.29. The highest BCUT2D eigenvalue weighted by atomic mass is 32.1. The van der Waals surface area contributed by atoms with E-state index in [1.807, 2.05) is 18.2 Å². The van der Waals surface area contributed by atoms with E-state index in [-0.39, 0.29) is 11.7 Å². The number of thiazole rings is 1. The maximum absolute atomic E-state index is 13.2. The molecule has 1 atom stereocenters. The van der Waals surface area contributed by atoms with Crippen LogP contribution in [-0.2, 0) is 11.2 Å². The van der Waals surface area contributed by atoms with Gasteiger partial charge in [-0.05, 0) is 53.2 Å². The Morgan fingerprint density at radius 2 is 2.07 bits per heavy atom. The van der Waals surface area contributed by atoms with Gasteiger partial charge >= 0.3 is 0 Å². The fraction of sp³-hybridized carbons (Fsp3) is 0.211. The van der Waals surface area contributed by atoms with Crippen molar-refractivity contribution < 1.29 is 13.9 Å². The third-order valence-electron chi connectivity index (χ3n) is 4.42. The Bertz CT molecular complexity index is 1160. The van der Waals surface area contributed by atoms with Crippen molar-refractivity contribution in [2.45, 2.75) is 19.4 Å². The first-order valence-electron chi connectivity index (χ1n) is 8.78. The number of methoxy groups -OCH3 is 1. The van der Waals surface area contributed by atoms with Gasteiger partial charge in [-0.1, -0.05) is 23.5 Å². The summed E-state index contributed by atoms with van der Waals surface area (Å²) in [7, 11) is 1.60. The van der Waals surface area contributed by atoms with Crippen molar-refractivity contribution in [1.29, 1.82) is 0 Å². The van der Waals surface area contributed by atoms with E-state index in [4.69, 9.17) is 4.74 Å². The Kier molecular flexibility index (Phi) is 5.17. The molecule has 1 N–H and O–H groups in total. The van der Waals surface area contributed by atoms with E-state index in [9.17, 15) is 9.18 Å². The summed E-state index contributed by atoms with van der Waals surface area (Å²) in [5.41, 5.74) is 1.55. The number of nitrogens with zero attached hydrogens (tertiary/aromatic N) is 5. The molecule has 0 radical (unpaired) electrons. The number of halogens is 1. The van der Waals surface area contributed by atoms with Gasteiger partial charge in [-0.3, -0.25) is 4.79 Å². The second-order valence-electron chi connectivity index (χ2n) is 6.36. The molecule has 4 aromatic rings. The molecule has 0 bridgehead atoms. The van der Waals surface area contributed by atoms with E-state index in [2.05, 4.69) is 25.8 Å². The lowest BCUT2D eigenvalue weighted by Gasteiger charge is -2.16. The summed E-state index contributed by atoms with van der Waals surface area (Å²) >= 11 is 1.35. The molecular formula is C19H17FN6O2S. The van der Waals surface area contributed by atoms with Crippen LogP contribution in [0.1, 0.15) is 17.4 Å². The maximum atomic E-state index is 13.2. The number of hydrogen-bond donors (Lipinski definition) is 1. The predicted molar refractivity (Wildman–Crippen MR) is 106 cm³/mol. The minimum absolute atomic E-state index is 0.302. The average Bonchev–Trinajstić information content (AvgIpc) is 3.32. The maximum Gasteiger partial charge on any atom is 0.251 e. The quantitative estimate of drug-likeness (QED) is 0.523. The molecule has 8 nitrogen and oxygen atoms in total. The fourth-order valence-corrected chi connectivity index (χ4v) is 3.83. The fourth-order valence-electron chi connectivity index (χ4n) is 2.93. The number of aromatic nitrogens is 5. The third-order valence-corrected chi connectivity index (χ3v) is 5.36. The number of ether oxygens (including phenoxy) is 1. The summed E-state index contributed by atoms with van der Waals surface area (Å²) in [4.78, 5) is 17.5. The third kappa shape index (κ3) is 4.06. The van der Waals surface area contributed by atoms with E-state index in [0.717, 1.165) is 21.5 Å². The molecule has 0 aliphatic carbocycles. The molecule has 2 aromatic heterocycles. The Hall–Kier alpha value is -3.40. The van der Waals surface area contributed by atoms with E-state index in [0.29, 0.717) is 17.4 Å². The number of rotatable bonds is 6. The monoisotopic (exact) mass is 412 g/mol. The summed E-state index contributed by atoms with van der Waals surface area (Å²) in [5, 5.41) is 14.8. The van der Waals surface area contributed by atoms with Crippen LogP contribution in [0.5, 0.6) is 5.75 Å². The first kappa shape index (κ1) is 18.9. The van der Waals surface area contributed by atoms with Gasteiger partial charge in [0.2, 0.25) is 0 Å². The normalized spacial score (nSPS) is 12.1. The summed E-state index contributed by atoms with van der Waals surface area (Å²) in [6.45, 7) is 1.72. The van der Waals surface area contributed by atoms with Gasteiger partial charge in [-0.2, -0.15) is 0 Å². The minimum atomic E-state index is -0.711. The van der Waals surface area contributed by atoms with Crippen LogP contribution in [0.3, 0.4) is 0 Å². The van der Waals surface area contributed by atoms with Crippen LogP contribution in [0.25, 0.3) is 10.2 Å². The molecule has 0 aliphatic rings. The number of aryl methyl sites for hydroxylation is 1. The molecule has 0 aliphatic heterocycles. The van der Waals surface area contributed by atoms with Crippen LogP contribution in [0.15, 0.2) is 42.5 Å². The molecule has 29 heavy (non-hydrogen) atoms. The number of fused-ring (bicyclic) bond motifs is 1. The van der Waals surface area contributed by atoms with E-state index >= 15 is 0 Å². The number of carbonyl (C=O) groups excluding carboxylic acids is 1. The molecule has 4 rings (SSSR count). The predicted octanol–water partition coefficient (Wildman–Crippen LogP) is 3.16. The molecule has 148 valence electrons. The van der Waals surface area contributed by atoms with Crippen LogP contribution < -0.4 is 10.1 Å². The summed E-state index contributed by atoms with van der Waals surface area (Å²) in [5.74, 6) is 0.577. The highest BCUT2D eigenvalue weighted by Crippen LogP contribution is 2.30. The van der Waals surface area contributed by atoms with Crippen molar-refractivity contribution in [1.82, 2.24) is 25.2 Å². The summed E-state index contributed by atoms with van der Waals surface area (Å²) in [6.07, 6.45) is 0.302. The standard InChI is InChI=1S/C19H17FN6O2S/c1-11-23-24-25-26(11)16(9-12-3-5-13(20)6-4-12)18(27)22-19-21-15-8-7-14(28-2)10-17(15)29-19/h3-8,10,16H,9H2,1-2H3,(H,21,22,27). The van der Waals surface area contributed by atoms with Gasteiger partial charge in [0.1, 0.15) is 23.4 Å². The van der Waals surface area contributed by atoms with E-state index in [1.165, 1.54) is 28.2 Å². The van der Waals surface area contributed by atoms with Crippen molar-refractivity contribution in [3.63, 3.8) is 0 Å². The minimum Gasteiger partial charge on any atom is -0.497 e. The van der Waals surface area contributed by atoms with Crippen LogP contribution in [0.2, 0.25) is 0 Å². The van der Waals surface area contributed by atoms with E-state index in [1.54, 1.807) is 26.2 Å². The van der Waals surface area contributed by atoms with Crippen molar-refractivity contribution in [2.75, 3.05) is 12.4 Å². The molecule has 0 fully saturated rings. The zero-order chi connectivity index (χ0) is 20.4. The highest BCUT2D eigenvalue weighted by molar-refractivity contribution is 7.22. The van der Waals surface area contributed by atoms with E-state index < -0.39 is 6.04 Å². The first-order chi connectivity index (χ1) is 14.0. The van der Waals surface area contributed by atoms with Gasteiger partial charge < -0.3 is 10.1 Å². The Labute approximate surface area is 169 Å². The Morgan fingerprint density at radius 3 is 2.76 bits per heavy atom. The van der Waals surface area contributed by atoms with Gasteiger partial charge in [0.25, 0.3) is 5.91 Å². The number of amides is 1. The number of carbonyl (C=O) groups is 1. The van der Waals surface area contributed by atoms with Gasteiger partial charge in [-0.15, -0.1) is 5.10 Å². The lowest BCUT2D eigenvalue weighted by atomic mass is 10.1.